The largest absolute Gasteiger partial charge is 0.421 e. The molecule has 0 amide bonds. The van der Waals surface area contributed by atoms with E-state index in [1.54, 1.807) is 12.1 Å². The van der Waals surface area contributed by atoms with E-state index in [9.17, 15) is 4.39 Å². The van der Waals surface area contributed by atoms with Gasteiger partial charge in [-0.3, -0.25) is 0 Å². The van der Waals surface area contributed by atoms with E-state index in [4.69, 9.17) is 16.0 Å². The number of rotatable bonds is 3. The molecule has 0 fully saturated rings. The van der Waals surface area contributed by atoms with Gasteiger partial charge in [-0.25, -0.2) is 4.39 Å². The summed E-state index contributed by atoms with van der Waals surface area (Å²) in [4.78, 5) is 0. The molecule has 0 aliphatic carbocycles. The van der Waals surface area contributed by atoms with Gasteiger partial charge in [0.15, 0.2) is 0 Å². The van der Waals surface area contributed by atoms with Crippen molar-refractivity contribution in [1.29, 1.82) is 0 Å². The van der Waals surface area contributed by atoms with Gasteiger partial charge in [0.05, 0.1) is 5.56 Å². The van der Waals surface area contributed by atoms with Gasteiger partial charge < -0.3 is 4.42 Å². The minimum Gasteiger partial charge on any atom is -0.421 e. The third kappa shape index (κ3) is 2.22. The lowest BCUT2D eigenvalue weighted by Gasteiger charge is -1.98. The number of aromatic nitrogens is 2. The molecule has 0 atom stereocenters. The molecule has 0 saturated heterocycles. The van der Waals surface area contributed by atoms with Crippen molar-refractivity contribution < 1.29 is 8.81 Å². The van der Waals surface area contributed by atoms with Crippen LogP contribution in [0.3, 0.4) is 0 Å². The third-order valence-corrected chi connectivity index (χ3v) is 2.32. The quantitative estimate of drug-likeness (QED) is 0.775. The van der Waals surface area contributed by atoms with Gasteiger partial charge in [0.1, 0.15) is 5.82 Å². The summed E-state index contributed by atoms with van der Waals surface area (Å²) < 4.78 is 18.9. The Kier molecular flexibility index (Phi) is 3.19. The molecule has 16 heavy (non-hydrogen) atoms. The maximum Gasteiger partial charge on any atom is 0.250 e. The molecule has 84 valence electrons. The molecule has 0 unspecified atom stereocenters. The zero-order valence-corrected chi connectivity index (χ0v) is 9.46. The second-order valence-corrected chi connectivity index (χ2v) is 3.80. The zero-order valence-electron chi connectivity index (χ0n) is 8.70. The molecule has 5 heteroatoms. The summed E-state index contributed by atoms with van der Waals surface area (Å²) in [5, 5.41) is 7.56. The van der Waals surface area contributed by atoms with Crippen molar-refractivity contribution in [3.63, 3.8) is 0 Å². The van der Waals surface area contributed by atoms with Gasteiger partial charge in [0.2, 0.25) is 5.89 Å². The average molecular weight is 241 g/mol. The van der Waals surface area contributed by atoms with Crippen LogP contribution >= 0.6 is 11.6 Å². The van der Waals surface area contributed by atoms with Gasteiger partial charge in [0.25, 0.3) is 5.89 Å². The maximum absolute atomic E-state index is 13.6. The highest BCUT2D eigenvalue weighted by Gasteiger charge is 2.12. The molecule has 1 aromatic carbocycles. The van der Waals surface area contributed by atoms with Crippen LogP contribution in [0.5, 0.6) is 0 Å². The zero-order chi connectivity index (χ0) is 11.5. The van der Waals surface area contributed by atoms with Crippen LogP contribution in [0, 0.1) is 12.7 Å². The number of halogens is 2. The number of alkyl halides is 1. The molecule has 1 aromatic heterocycles. The van der Waals surface area contributed by atoms with Crippen molar-refractivity contribution in [3.05, 3.63) is 35.5 Å². The normalized spacial score (nSPS) is 10.7. The Balaban J connectivity index is 2.35. The second-order valence-electron chi connectivity index (χ2n) is 3.42. The van der Waals surface area contributed by atoms with E-state index in [1.165, 1.54) is 6.07 Å². The Morgan fingerprint density at radius 1 is 1.38 bits per heavy atom. The lowest BCUT2D eigenvalue weighted by Crippen LogP contribution is -1.85. The SMILES string of the molecule is Cc1ccc(-c2nnc(CCCl)o2)c(F)c1. The predicted molar refractivity (Wildman–Crippen MR) is 58.9 cm³/mol. The molecule has 0 spiro atoms. The number of hydrogen-bond donors (Lipinski definition) is 0. The monoisotopic (exact) mass is 240 g/mol. The fraction of sp³-hybridized carbons (Fsp3) is 0.273. The minimum atomic E-state index is -0.360. The first-order valence-corrected chi connectivity index (χ1v) is 5.39. The van der Waals surface area contributed by atoms with E-state index in [0.717, 1.165) is 5.56 Å². The second kappa shape index (κ2) is 4.61. The van der Waals surface area contributed by atoms with Crippen molar-refractivity contribution in [3.8, 4) is 11.5 Å². The number of aryl methyl sites for hydroxylation is 2. The third-order valence-electron chi connectivity index (χ3n) is 2.13. The summed E-state index contributed by atoms with van der Waals surface area (Å²) in [6.45, 7) is 1.82. The number of nitrogens with zero attached hydrogens (tertiary/aromatic N) is 2. The van der Waals surface area contributed by atoms with Crippen molar-refractivity contribution in [2.75, 3.05) is 5.88 Å². The first-order valence-electron chi connectivity index (χ1n) is 4.85. The predicted octanol–water partition coefficient (Wildman–Crippen LogP) is 2.97. The Labute approximate surface area is 97.3 Å². The van der Waals surface area contributed by atoms with E-state index in [1.807, 2.05) is 6.92 Å². The van der Waals surface area contributed by atoms with E-state index in [-0.39, 0.29) is 11.7 Å². The highest BCUT2D eigenvalue weighted by molar-refractivity contribution is 6.17. The van der Waals surface area contributed by atoms with Crippen molar-refractivity contribution in [2.24, 2.45) is 0 Å². The number of benzene rings is 1. The average Bonchev–Trinajstić information content (AvgIpc) is 2.67. The molecule has 0 saturated carbocycles. The van der Waals surface area contributed by atoms with Gasteiger partial charge in [-0.15, -0.1) is 21.8 Å². The molecule has 0 bridgehead atoms. The van der Waals surface area contributed by atoms with Crippen LogP contribution in [-0.4, -0.2) is 16.1 Å². The van der Waals surface area contributed by atoms with E-state index in [0.29, 0.717) is 23.8 Å². The summed E-state index contributed by atoms with van der Waals surface area (Å²) in [7, 11) is 0. The van der Waals surface area contributed by atoms with E-state index < -0.39 is 0 Å². The molecule has 1 heterocycles. The van der Waals surface area contributed by atoms with Crippen LogP contribution < -0.4 is 0 Å². The van der Waals surface area contributed by atoms with Crippen LogP contribution in [0.2, 0.25) is 0 Å². The van der Waals surface area contributed by atoms with Gasteiger partial charge >= 0.3 is 0 Å². The summed E-state index contributed by atoms with van der Waals surface area (Å²) in [5.74, 6) is 0.654. The summed E-state index contributed by atoms with van der Waals surface area (Å²) in [6, 6.07) is 4.85. The van der Waals surface area contributed by atoms with Gasteiger partial charge in [-0.2, -0.15) is 0 Å². The van der Waals surface area contributed by atoms with E-state index >= 15 is 0 Å². The van der Waals surface area contributed by atoms with Gasteiger partial charge in [0, 0.05) is 12.3 Å². The minimum absolute atomic E-state index is 0.192. The molecule has 3 nitrogen and oxygen atoms in total. The fourth-order valence-corrected chi connectivity index (χ4v) is 1.50. The molecular weight excluding hydrogens is 231 g/mol. The lowest BCUT2D eigenvalue weighted by molar-refractivity contribution is 0.509. The Hall–Kier alpha value is -1.42. The van der Waals surface area contributed by atoms with Crippen molar-refractivity contribution in [2.45, 2.75) is 13.3 Å². The molecular formula is C11H10ClFN2O. The van der Waals surface area contributed by atoms with Crippen LogP contribution in [-0.2, 0) is 6.42 Å². The topological polar surface area (TPSA) is 38.9 Å². The highest BCUT2D eigenvalue weighted by Crippen LogP contribution is 2.22. The maximum atomic E-state index is 13.6. The fourth-order valence-electron chi connectivity index (χ4n) is 1.34. The van der Waals surface area contributed by atoms with E-state index in [2.05, 4.69) is 10.2 Å². The standard InChI is InChI=1S/C11H10ClFN2O/c1-7-2-3-8(9(13)6-7)11-15-14-10(16-11)4-5-12/h2-3,6H,4-5H2,1H3. The lowest BCUT2D eigenvalue weighted by atomic mass is 10.1. The molecule has 0 aliphatic heterocycles. The van der Waals surface area contributed by atoms with Crippen molar-refractivity contribution >= 4 is 11.6 Å². The molecule has 2 rings (SSSR count). The van der Waals surface area contributed by atoms with Crippen molar-refractivity contribution in [1.82, 2.24) is 10.2 Å². The van der Waals surface area contributed by atoms with Gasteiger partial charge in [-0.1, -0.05) is 6.07 Å². The Morgan fingerprint density at radius 3 is 2.88 bits per heavy atom. The molecule has 2 aromatic rings. The first-order chi connectivity index (χ1) is 7.70. The summed E-state index contributed by atoms with van der Waals surface area (Å²) >= 11 is 5.54. The summed E-state index contributed by atoms with van der Waals surface area (Å²) in [6.07, 6.45) is 0.488. The number of hydrogen-bond acceptors (Lipinski definition) is 3. The Bertz CT molecular complexity index is 498. The molecule has 0 aliphatic rings. The highest BCUT2D eigenvalue weighted by atomic mass is 35.5. The van der Waals surface area contributed by atoms with Crippen LogP contribution in [0.15, 0.2) is 22.6 Å². The summed E-state index contributed by atoms with van der Waals surface area (Å²) in [5.41, 5.74) is 1.17. The molecule has 0 N–H and O–H groups in total. The van der Waals surface area contributed by atoms with Crippen LogP contribution in [0.4, 0.5) is 4.39 Å². The van der Waals surface area contributed by atoms with Gasteiger partial charge in [-0.05, 0) is 24.6 Å². The van der Waals surface area contributed by atoms with Crippen LogP contribution in [0.1, 0.15) is 11.5 Å². The smallest absolute Gasteiger partial charge is 0.250 e. The molecule has 0 radical (unpaired) electrons. The first kappa shape index (κ1) is 11.1. The Morgan fingerprint density at radius 2 is 2.19 bits per heavy atom. The van der Waals surface area contributed by atoms with Crippen LogP contribution in [0.25, 0.3) is 11.5 Å².